The predicted octanol–water partition coefficient (Wildman–Crippen LogP) is 1.24. The lowest BCUT2D eigenvalue weighted by Crippen LogP contribution is -2.03. The molecule has 2 N–H and O–H groups in total. The zero-order chi connectivity index (χ0) is 10.6. The highest BCUT2D eigenvalue weighted by atomic mass is 16.4. The van der Waals surface area contributed by atoms with E-state index in [9.17, 15) is 5.11 Å². The second kappa shape index (κ2) is 4.77. The Hall–Kier alpha value is -1.35. The first-order valence-electron chi connectivity index (χ1n) is 4.54. The van der Waals surface area contributed by atoms with E-state index >= 15 is 0 Å². The molecule has 1 aliphatic rings. The third-order valence-corrected chi connectivity index (χ3v) is 2.03. The van der Waals surface area contributed by atoms with Crippen molar-refractivity contribution >= 4 is 5.97 Å². The summed E-state index contributed by atoms with van der Waals surface area (Å²) >= 11 is 0. The van der Waals surface area contributed by atoms with E-state index in [1.54, 1.807) is 0 Å². The topological polar surface area (TPSA) is 57.5 Å². The van der Waals surface area contributed by atoms with Gasteiger partial charge in [0.2, 0.25) is 0 Å². The van der Waals surface area contributed by atoms with Crippen LogP contribution in [0.1, 0.15) is 18.1 Å². The lowest BCUT2D eigenvalue weighted by Gasteiger charge is -1.93. The van der Waals surface area contributed by atoms with Gasteiger partial charge in [0.15, 0.2) is 0 Å². The van der Waals surface area contributed by atoms with Gasteiger partial charge in [-0.1, -0.05) is 24.3 Å². The number of aliphatic carboxylic acids is 1. The number of benzene rings is 1. The molecule has 3 nitrogen and oxygen atoms in total. The fourth-order valence-corrected chi connectivity index (χ4v) is 1.54. The largest absolute Gasteiger partial charge is 0.481 e. The van der Waals surface area contributed by atoms with Crippen molar-refractivity contribution < 1.29 is 15.0 Å². The van der Waals surface area contributed by atoms with E-state index in [0.29, 0.717) is 0 Å². The minimum Gasteiger partial charge on any atom is -0.481 e. The van der Waals surface area contributed by atoms with E-state index in [0.717, 1.165) is 19.8 Å². The Balaban J connectivity index is 0.000000213. The molecule has 2 rings (SSSR count). The van der Waals surface area contributed by atoms with E-state index in [2.05, 4.69) is 12.1 Å². The van der Waals surface area contributed by atoms with Gasteiger partial charge in [-0.15, -0.1) is 0 Å². The normalized spacial score (nSPS) is 14.1. The molecule has 0 unspecified atom stereocenters. The van der Waals surface area contributed by atoms with Crippen LogP contribution in [0.3, 0.4) is 0 Å². The van der Waals surface area contributed by atoms with E-state index in [1.165, 1.54) is 11.1 Å². The van der Waals surface area contributed by atoms with E-state index in [4.69, 9.17) is 9.90 Å². The highest BCUT2D eigenvalue weighted by Crippen LogP contribution is 2.20. The van der Waals surface area contributed by atoms with Gasteiger partial charge in [0.25, 0.3) is 5.97 Å². The van der Waals surface area contributed by atoms with E-state index < -0.39 is 5.97 Å². The molecule has 3 heteroatoms. The molecule has 0 saturated heterocycles. The number of rotatable bonds is 0. The molecule has 0 amide bonds. The smallest absolute Gasteiger partial charge is 0.300 e. The number of carboxylic acid groups (broad SMARTS) is 1. The third kappa shape index (κ3) is 3.18. The maximum absolute atomic E-state index is 9.25. The Kier molecular flexibility index (Phi) is 3.65. The van der Waals surface area contributed by atoms with Crippen LogP contribution in [0.4, 0.5) is 0 Å². The molecule has 0 bridgehead atoms. The summed E-state index contributed by atoms with van der Waals surface area (Å²) in [7, 11) is 0. The van der Waals surface area contributed by atoms with Crippen molar-refractivity contribution in [2.24, 2.45) is 0 Å². The molecule has 0 fully saturated rings. The number of aliphatic hydroxyl groups excluding tert-OH is 1. The first-order chi connectivity index (χ1) is 6.59. The van der Waals surface area contributed by atoms with Crippen LogP contribution in [0.15, 0.2) is 24.3 Å². The van der Waals surface area contributed by atoms with Crippen LogP contribution in [-0.4, -0.2) is 22.3 Å². The first kappa shape index (κ1) is 10.7. The Morgan fingerprint density at radius 3 is 2.00 bits per heavy atom. The fraction of sp³-hybridized carbons (Fsp3) is 0.364. The van der Waals surface area contributed by atoms with Crippen LogP contribution in [0.2, 0.25) is 0 Å². The quantitative estimate of drug-likeness (QED) is 0.653. The van der Waals surface area contributed by atoms with Gasteiger partial charge in [-0.25, -0.2) is 0 Å². The molecule has 0 saturated carbocycles. The van der Waals surface area contributed by atoms with Crippen molar-refractivity contribution in [3.8, 4) is 0 Å². The number of hydrogen-bond donors (Lipinski definition) is 2. The minimum atomic E-state index is -0.833. The zero-order valence-corrected chi connectivity index (χ0v) is 8.10. The molecular weight excluding hydrogens is 180 g/mol. The maximum Gasteiger partial charge on any atom is 0.300 e. The van der Waals surface area contributed by atoms with Gasteiger partial charge in [0.1, 0.15) is 0 Å². The molecule has 76 valence electrons. The Bertz CT molecular complexity index is 291. The highest BCUT2D eigenvalue weighted by molar-refractivity contribution is 5.62. The molecule has 0 heterocycles. The van der Waals surface area contributed by atoms with E-state index in [-0.39, 0.29) is 6.10 Å². The second-order valence-electron chi connectivity index (χ2n) is 3.35. The average molecular weight is 194 g/mol. The molecule has 1 aliphatic carbocycles. The molecule has 1 aromatic rings. The second-order valence-corrected chi connectivity index (χ2v) is 3.35. The summed E-state index contributed by atoms with van der Waals surface area (Å²) in [6, 6.07) is 8.23. The van der Waals surface area contributed by atoms with Gasteiger partial charge in [-0.05, 0) is 24.0 Å². The summed E-state index contributed by atoms with van der Waals surface area (Å²) in [6.07, 6.45) is 1.56. The summed E-state index contributed by atoms with van der Waals surface area (Å²) in [5.41, 5.74) is 2.63. The van der Waals surface area contributed by atoms with Crippen molar-refractivity contribution in [2.75, 3.05) is 0 Å². The van der Waals surface area contributed by atoms with Crippen LogP contribution >= 0.6 is 0 Å². The molecule has 14 heavy (non-hydrogen) atoms. The minimum absolute atomic E-state index is 0.127. The molecule has 0 radical (unpaired) electrons. The van der Waals surface area contributed by atoms with Crippen LogP contribution < -0.4 is 0 Å². The van der Waals surface area contributed by atoms with Crippen molar-refractivity contribution in [1.82, 2.24) is 0 Å². The molecule has 0 aliphatic heterocycles. The fourth-order valence-electron chi connectivity index (χ4n) is 1.54. The van der Waals surface area contributed by atoms with Crippen LogP contribution in [-0.2, 0) is 17.6 Å². The van der Waals surface area contributed by atoms with Crippen LogP contribution in [0.5, 0.6) is 0 Å². The maximum atomic E-state index is 9.25. The summed E-state index contributed by atoms with van der Waals surface area (Å²) in [6.45, 7) is 1.08. The van der Waals surface area contributed by atoms with Gasteiger partial charge >= 0.3 is 0 Å². The Labute approximate surface area is 83.0 Å². The lowest BCUT2D eigenvalue weighted by molar-refractivity contribution is -0.134. The number of carboxylic acids is 1. The number of hydrogen-bond acceptors (Lipinski definition) is 2. The molecule has 0 spiro atoms. The van der Waals surface area contributed by atoms with Crippen molar-refractivity contribution in [3.05, 3.63) is 35.4 Å². The van der Waals surface area contributed by atoms with Crippen LogP contribution in [0.25, 0.3) is 0 Å². The molecule has 0 atom stereocenters. The summed E-state index contributed by atoms with van der Waals surface area (Å²) in [5.74, 6) is -0.833. The Morgan fingerprint density at radius 1 is 1.29 bits per heavy atom. The average Bonchev–Trinajstić information content (AvgIpc) is 2.42. The first-order valence-corrected chi connectivity index (χ1v) is 4.54. The number of fused-ring (bicyclic) bond motifs is 1. The van der Waals surface area contributed by atoms with Gasteiger partial charge in [-0.3, -0.25) is 4.79 Å². The third-order valence-electron chi connectivity index (χ3n) is 2.03. The number of carbonyl (C=O) groups is 1. The van der Waals surface area contributed by atoms with Crippen molar-refractivity contribution in [1.29, 1.82) is 0 Å². The monoisotopic (exact) mass is 194 g/mol. The van der Waals surface area contributed by atoms with E-state index in [1.807, 2.05) is 12.1 Å². The molecule has 0 aromatic heterocycles. The van der Waals surface area contributed by atoms with Gasteiger partial charge in [0, 0.05) is 6.92 Å². The summed E-state index contributed by atoms with van der Waals surface area (Å²) in [5, 5.41) is 16.7. The number of aliphatic hydroxyl groups is 1. The summed E-state index contributed by atoms with van der Waals surface area (Å²) < 4.78 is 0. The van der Waals surface area contributed by atoms with Gasteiger partial charge < -0.3 is 10.2 Å². The SMILES string of the molecule is CC(=O)O.OC1Cc2ccccc2C1. The van der Waals surface area contributed by atoms with Crippen LogP contribution in [0, 0.1) is 0 Å². The molecule has 1 aromatic carbocycles. The highest BCUT2D eigenvalue weighted by Gasteiger charge is 2.17. The molecular formula is C11H14O3. The van der Waals surface area contributed by atoms with Crippen molar-refractivity contribution in [2.45, 2.75) is 25.9 Å². The Morgan fingerprint density at radius 2 is 1.64 bits per heavy atom. The summed E-state index contributed by atoms with van der Waals surface area (Å²) in [4.78, 5) is 9.00. The van der Waals surface area contributed by atoms with Crippen molar-refractivity contribution in [3.63, 3.8) is 0 Å². The van der Waals surface area contributed by atoms with Gasteiger partial charge in [-0.2, -0.15) is 0 Å². The standard InChI is InChI=1S/C9H10O.C2H4O2/c10-9-5-7-3-1-2-4-8(7)6-9;1-2(3)4/h1-4,9-10H,5-6H2;1H3,(H,3,4). The lowest BCUT2D eigenvalue weighted by atomic mass is 10.1. The zero-order valence-electron chi connectivity index (χ0n) is 8.10. The van der Waals surface area contributed by atoms with Gasteiger partial charge in [0.05, 0.1) is 6.10 Å². The predicted molar refractivity (Wildman–Crippen MR) is 53.2 cm³/mol.